The van der Waals surface area contributed by atoms with E-state index in [0.717, 1.165) is 0 Å². The zero-order valence-corrected chi connectivity index (χ0v) is 11.6. The maximum atomic E-state index is 12.1. The Morgan fingerprint density at radius 3 is 2.17 bits per heavy atom. The van der Waals surface area contributed by atoms with E-state index in [1.807, 2.05) is 20.8 Å². The van der Waals surface area contributed by atoms with Gasteiger partial charge < -0.3 is 0 Å². The number of hydrogen-bond acceptors (Lipinski definition) is 6. The number of sulfonamides is 1. The van der Waals surface area contributed by atoms with Crippen LogP contribution in [-0.2, 0) is 10.0 Å². The molecule has 0 spiro atoms. The second-order valence-corrected chi connectivity index (χ2v) is 5.94. The molecule has 0 unspecified atom stereocenters. The summed E-state index contributed by atoms with van der Waals surface area (Å²) in [5.74, 6) is 5.28. The van der Waals surface area contributed by atoms with Crippen LogP contribution < -0.4 is 16.0 Å². The molecule has 0 aliphatic rings. The molecule has 1 aromatic heterocycles. The molecular weight excluding hydrogens is 254 g/mol. The second-order valence-electron chi connectivity index (χ2n) is 4.26. The molecule has 7 nitrogen and oxygen atoms in total. The van der Waals surface area contributed by atoms with Crippen LogP contribution in [0.15, 0.2) is 17.3 Å². The van der Waals surface area contributed by atoms with E-state index in [0.29, 0.717) is 12.8 Å². The Hall–Kier alpha value is -1.25. The molecule has 0 bridgehead atoms. The highest BCUT2D eigenvalue weighted by Crippen LogP contribution is 2.18. The summed E-state index contributed by atoms with van der Waals surface area (Å²) in [6, 6.07) is 0. The Bertz CT molecular complexity index is 481. The molecule has 0 aromatic carbocycles. The van der Waals surface area contributed by atoms with Crippen LogP contribution in [0.4, 0.5) is 5.95 Å². The molecule has 1 rings (SSSR count). The minimum absolute atomic E-state index is 0.0228. The van der Waals surface area contributed by atoms with Crippen LogP contribution in [0.3, 0.4) is 0 Å². The lowest BCUT2D eigenvalue weighted by molar-refractivity contribution is 0.388. The molecule has 0 atom stereocenters. The number of nitrogens with zero attached hydrogens (tertiary/aromatic N) is 2. The van der Waals surface area contributed by atoms with Crippen LogP contribution in [0, 0.1) is 0 Å². The highest BCUT2D eigenvalue weighted by Gasteiger charge is 2.27. The lowest BCUT2D eigenvalue weighted by atomic mass is 9.98. The molecular formula is C10H19N5O2S. The Labute approximate surface area is 107 Å². The van der Waals surface area contributed by atoms with Crippen molar-refractivity contribution in [3.8, 4) is 0 Å². The van der Waals surface area contributed by atoms with Crippen molar-refractivity contribution in [3.05, 3.63) is 12.4 Å². The summed E-state index contributed by atoms with van der Waals surface area (Å²) in [4.78, 5) is 7.58. The molecule has 0 saturated heterocycles. The second kappa shape index (κ2) is 5.59. The van der Waals surface area contributed by atoms with E-state index in [1.165, 1.54) is 12.4 Å². The minimum Gasteiger partial charge on any atom is -0.292 e. The maximum absolute atomic E-state index is 12.1. The van der Waals surface area contributed by atoms with Gasteiger partial charge in [0.2, 0.25) is 16.0 Å². The van der Waals surface area contributed by atoms with Gasteiger partial charge in [-0.2, -0.15) is 0 Å². The first kappa shape index (κ1) is 14.8. The molecule has 102 valence electrons. The zero-order chi connectivity index (χ0) is 13.8. The first-order valence-corrected chi connectivity index (χ1v) is 7.18. The van der Waals surface area contributed by atoms with Crippen LogP contribution in [0.2, 0.25) is 0 Å². The molecule has 1 heterocycles. The summed E-state index contributed by atoms with van der Waals surface area (Å²) in [7, 11) is -3.61. The number of nitrogens with one attached hydrogen (secondary N) is 2. The molecule has 0 aliphatic heterocycles. The van der Waals surface area contributed by atoms with E-state index in [2.05, 4.69) is 20.1 Å². The first-order chi connectivity index (χ1) is 8.37. The third-order valence-corrected chi connectivity index (χ3v) is 4.60. The van der Waals surface area contributed by atoms with Crippen molar-refractivity contribution in [3.63, 3.8) is 0 Å². The molecule has 18 heavy (non-hydrogen) atoms. The van der Waals surface area contributed by atoms with Crippen molar-refractivity contribution in [2.45, 2.75) is 44.0 Å². The first-order valence-electron chi connectivity index (χ1n) is 5.69. The third kappa shape index (κ3) is 3.37. The van der Waals surface area contributed by atoms with Gasteiger partial charge in [-0.25, -0.2) is 29.0 Å². The predicted octanol–water partition coefficient (Wildman–Crippen LogP) is 0.619. The normalized spacial score (nSPS) is 12.4. The fourth-order valence-corrected chi connectivity index (χ4v) is 2.75. The average Bonchev–Trinajstić information content (AvgIpc) is 2.38. The molecule has 0 saturated carbocycles. The van der Waals surface area contributed by atoms with E-state index < -0.39 is 15.6 Å². The Balaban J connectivity index is 2.99. The third-order valence-electron chi connectivity index (χ3n) is 3.01. The van der Waals surface area contributed by atoms with Crippen molar-refractivity contribution in [1.82, 2.24) is 14.7 Å². The molecule has 4 N–H and O–H groups in total. The van der Waals surface area contributed by atoms with Gasteiger partial charge in [0.25, 0.3) is 0 Å². The van der Waals surface area contributed by atoms with Crippen molar-refractivity contribution >= 4 is 16.0 Å². The van der Waals surface area contributed by atoms with E-state index >= 15 is 0 Å². The fraction of sp³-hybridized carbons (Fsp3) is 0.600. The van der Waals surface area contributed by atoms with Gasteiger partial charge in [0, 0.05) is 5.54 Å². The van der Waals surface area contributed by atoms with Crippen LogP contribution in [0.25, 0.3) is 0 Å². The number of rotatable bonds is 6. The summed E-state index contributed by atoms with van der Waals surface area (Å²) in [5.41, 5.74) is 1.77. The average molecular weight is 273 g/mol. The lowest BCUT2D eigenvalue weighted by Crippen LogP contribution is -2.44. The largest absolute Gasteiger partial charge is 0.292 e. The summed E-state index contributed by atoms with van der Waals surface area (Å²) in [6.07, 6.45) is 3.84. The van der Waals surface area contributed by atoms with Gasteiger partial charge in [0.05, 0.1) is 12.4 Å². The monoisotopic (exact) mass is 273 g/mol. The van der Waals surface area contributed by atoms with Crippen molar-refractivity contribution in [1.29, 1.82) is 0 Å². The lowest BCUT2D eigenvalue weighted by Gasteiger charge is -2.27. The summed E-state index contributed by atoms with van der Waals surface area (Å²) < 4.78 is 26.9. The quantitative estimate of drug-likeness (QED) is 0.517. The van der Waals surface area contributed by atoms with Gasteiger partial charge in [-0.1, -0.05) is 13.8 Å². The SMILES string of the molecule is CCC(C)(CC)NS(=O)(=O)c1cnc(NN)nc1. The highest BCUT2D eigenvalue weighted by atomic mass is 32.2. The molecule has 1 aromatic rings. The standard InChI is InChI=1S/C10H19N5O2S/c1-4-10(3,5-2)15-18(16,17)8-6-12-9(14-11)13-7-8/h6-7,15H,4-5,11H2,1-3H3,(H,12,13,14). The molecule has 0 amide bonds. The summed E-state index contributed by atoms with van der Waals surface area (Å²) >= 11 is 0. The molecule has 8 heteroatoms. The molecule has 0 aliphatic carbocycles. The van der Waals surface area contributed by atoms with Gasteiger partial charge in [-0.05, 0) is 19.8 Å². The van der Waals surface area contributed by atoms with Crippen LogP contribution in [0.1, 0.15) is 33.6 Å². The number of aromatic nitrogens is 2. The smallest absolute Gasteiger partial charge is 0.244 e. The summed E-state index contributed by atoms with van der Waals surface area (Å²) in [6.45, 7) is 5.73. The van der Waals surface area contributed by atoms with Gasteiger partial charge >= 0.3 is 0 Å². The Morgan fingerprint density at radius 1 is 1.28 bits per heavy atom. The number of anilines is 1. The summed E-state index contributed by atoms with van der Waals surface area (Å²) in [5, 5.41) is 0. The topological polar surface area (TPSA) is 110 Å². The maximum Gasteiger partial charge on any atom is 0.244 e. The predicted molar refractivity (Wildman–Crippen MR) is 69.2 cm³/mol. The molecule has 0 fully saturated rings. The van der Waals surface area contributed by atoms with Gasteiger partial charge in [0.15, 0.2) is 0 Å². The number of nitrogens with two attached hydrogens (primary N) is 1. The van der Waals surface area contributed by atoms with Crippen molar-refractivity contribution < 1.29 is 8.42 Å². The number of nitrogen functional groups attached to an aromatic ring is 1. The Kier molecular flexibility index (Phi) is 4.60. The highest BCUT2D eigenvalue weighted by molar-refractivity contribution is 7.89. The van der Waals surface area contributed by atoms with Crippen LogP contribution in [-0.4, -0.2) is 23.9 Å². The van der Waals surface area contributed by atoms with Crippen molar-refractivity contribution in [2.75, 3.05) is 5.43 Å². The van der Waals surface area contributed by atoms with E-state index in [-0.39, 0.29) is 10.8 Å². The number of hydrogen-bond donors (Lipinski definition) is 3. The number of hydrazine groups is 1. The zero-order valence-electron chi connectivity index (χ0n) is 10.8. The molecule has 0 radical (unpaired) electrons. The fourth-order valence-electron chi connectivity index (χ4n) is 1.31. The Morgan fingerprint density at radius 2 is 1.78 bits per heavy atom. The van der Waals surface area contributed by atoms with Gasteiger partial charge in [0.1, 0.15) is 4.90 Å². The van der Waals surface area contributed by atoms with E-state index in [4.69, 9.17) is 5.84 Å². The van der Waals surface area contributed by atoms with Crippen molar-refractivity contribution in [2.24, 2.45) is 5.84 Å². The van der Waals surface area contributed by atoms with Crippen LogP contribution >= 0.6 is 0 Å². The van der Waals surface area contributed by atoms with Gasteiger partial charge in [-0.3, -0.25) is 5.43 Å². The minimum atomic E-state index is -3.61. The van der Waals surface area contributed by atoms with Gasteiger partial charge in [-0.15, -0.1) is 0 Å². The van der Waals surface area contributed by atoms with E-state index in [1.54, 1.807) is 0 Å². The van der Waals surface area contributed by atoms with Crippen LogP contribution in [0.5, 0.6) is 0 Å². The van der Waals surface area contributed by atoms with E-state index in [9.17, 15) is 8.42 Å².